The fourth-order valence-electron chi connectivity index (χ4n) is 2.34. The maximum absolute atomic E-state index is 11.8. The lowest BCUT2D eigenvalue weighted by Crippen LogP contribution is -2.61. The Labute approximate surface area is 113 Å². The summed E-state index contributed by atoms with van der Waals surface area (Å²) in [5, 5.41) is 2.77. The first-order valence-corrected chi connectivity index (χ1v) is 6.43. The predicted octanol–water partition coefficient (Wildman–Crippen LogP) is -0.550. The molecule has 1 aliphatic rings. The van der Waals surface area contributed by atoms with Crippen molar-refractivity contribution >= 4 is 24.6 Å². The molecule has 104 valence electrons. The van der Waals surface area contributed by atoms with Crippen LogP contribution in [0.1, 0.15) is 20.8 Å². The van der Waals surface area contributed by atoms with E-state index < -0.39 is 6.10 Å². The van der Waals surface area contributed by atoms with E-state index in [0.29, 0.717) is 6.54 Å². The molecule has 0 bridgehead atoms. The van der Waals surface area contributed by atoms with Crippen LogP contribution in [0.5, 0.6) is 0 Å². The maximum Gasteiger partial charge on any atom is 0.260 e. The monoisotopic (exact) mass is 275 g/mol. The number of nitrogens with two attached hydrogens (primary N) is 1. The first-order valence-electron chi connectivity index (χ1n) is 5.99. The van der Waals surface area contributed by atoms with Gasteiger partial charge in [-0.25, -0.2) is 0 Å². The fraction of sp³-hybridized carbons (Fsp3) is 0.818. The number of hydrogen-bond acceptors (Lipinski definition) is 5. The standard InChI is InChI=1S/C11H21N3O3S/c1-5-6(2)9(13-7(3)15)10(11(16)14-18)17-8(5)4-12/h5-6,8-10,18H,4,12H2,1-3H3,(H,13,15)(H,14,16)/t5?,6?,8?,9?,10-/m1/s1. The first-order chi connectivity index (χ1) is 8.42. The Hall–Kier alpha value is -0.790. The number of rotatable bonds is 3. The number of thiol groups is 1. The molecule has 0 spiro atoms. The Bertz CT molecular complexity index is 327. The van der Waals surface area contributed by atoms with Crippen LogP contribution in [0.3, 0.4) is 0 Å². The Balaban J connectivity index is 2.93. The highest BCUT2D eigenvalue weighted by Crippen LogP contribution is 2.30. The van der Waals surface area contributed by atoms with Crippen LogP contribution in [0.15, 0.2) is 0 Å². The van der Waals surface area contributed by atoms with Gasteiger partial charge in [0.1, 0.15) is 0 Å². The topological polar surface area (TPSA) is 93.5 Å². The zero-order chi connectivity index (χ0) is 13.9. The molecule has 1 saturated heterocycles. The normalized spacial score (nSPS) is 35.9. The van der Waals surface area contributed by atoms with Crippen molar-refractivity contribution in [3.8, 4) is 0 Å². The van der Waals surface area contributed by atoms with Gasteiger partial charge in [0.15, 0.2) is 6.10 Å². The van der Waals surface area contributed by atoms with Gasteiger partial charge in [-0.05, 0) is 11.8 Å². The molecule has 0 saturated carbocycles. The van der Waals surface area contributed by atoms with Crippen LogP contribution in [0.2, 0.25) is 0 Å². The summed E-state index contributed by atoms with van der Waals surface area (Å²) in [5.74, 6) is -0.303. The van der Waals surface area contributed by atoms with E-state index in [1.807, 2.05) is 13.8 Å². The highest BCUT2D eigenvalue weighted by atomic mass is 32.1. The van der Waals surface area contributed by atoms with E-state index in [0.717, 1.165) is 0 Å². The van der Waals surface area contributed by atoms with Gasteiger partial charge in [-0.1, -0.05) is 26.7 Å². The first kappa shape index (κ1) is 15.3. The summed E-state index contributed by atoms with van der Waals surface area (Å²) < 4.78 is 7.94. The van der Waals surface area contributed by atoms with Gasteiger partial charge in [-0.2, -0.15) is 0 Å². The molecule has 0 aliphatic carbocycles. The summed E-state index contributed by atoms with van der Waals surface area (Å²) in [6.45, 7) is 5.75. The minimum atomic E-state index is -0.758. The number of ether oxygens (including phenoxy) is 1. The van der Waals surface area contributed by atoms with Gasteiger partial charge < -0.3 is 20.5 Å². The molecule has 4 N–H and O–H groups in total. The van der Waals surface area contributed by atoms with Crippen LogP contribution in [-0.4, -0.2) is 36.6 Å². The van der Waals surface area contributed by atoms with Crippen LogP contribution < -0.4 is 15.8 Å². The van der Waals surface area contributed by atoms with E-state index in [1.165, 1.54) is 6.92 Å². The van der Waals surface area contributed by atoms with Crippen molar-refractivity contribution in [3.63, 3.8) is 0 Å². The number of nitrogens with one attached hydrogen (secondary N) is 2. The van der Waals surface area contributed by atoms with Crippen molar-refractivity contribution in [2.45, 2.75) is 39.0 Å². The molecule has 1 fully saturated rings. The Morgan fingerprint density at radius 1 is 1.33 bits per heavy atom. The van der Waals surface area contributed by atoms with E-state index in [-0.39, 0.29) is 35.8 Å². The molecule has 1 aliphatic heterocycles. The van der Waals surface area contributed by atoms with Gasteiger partial charge in [-0.3, -0.25) is 9.59 Å². The molecule has 0 aromatic rings. The highest BCUT2D eigenvalue weighted by Gasteiger charge is 2.44. The molecule has 4 unspecified atom stereocenters. The second-order valence-corrected chi connectivity index (χ2v) is 4.98. The van der Waals surface area contributed by atoms with Crippen molar-refractivity contribution < 1.29 is 14.3 Å². The van der Waals surface area contributed by atoms with Gasteiger partial charge in [-0.15, -0.1) is 0 Å². The van der Waals surface area contributed by atoms with Crippen molar-refractivity contribution in [2.24, 2.45) is 17.6 Å². The summed E-state index contributed by atoms with van der Waals surface area (Å²) in [7, 11) is 0. The number of amides is 2. The van der Waals surface area contributed by atoms with Crippen LogP contribution in [0, 0.1) is 11.8 Å². The molecule has 2 amide bonds. The third kappa shape index (κ3) is 3.15. The van der Waals surface area contributed by atoms with E-state index in [2.05, 4.69) is 22.9 Å². The van der Waals surface area contributed by atoms with Crippen LogP contribution in [0.4, 0.5) is 0 Å². The summed E-state index contributed by atoms with van der Waals surface area (Å²) >= 11 is 3.74. The van der Waals surface area contributed by atoms with Gasteiger partial charge in [0.2, 0.25) is 5.91 Å². The molecule has 6 nitrogen and oxygen atoms in total. The molecule has 5 atom stereocenters. The zero-order valence-electron chi connectivity index (χ0n) is 10.8. The molecule has 1 heterocycles. The molecular formula is C11H21N3O3S. The quantitative estimate of drug-likeness (QED) is 0.520. The lowest BCUT2D eigenvalue weighted by Gasteiger charge is -2.43. The fourth-order valence-corrected chi connectivity index (χ4v) is 2.47. The zero-order valence-corrected chi connectivity index (χ0v) is 11.7. The van der Waals surface area contributed by atoms with Gasteiger partial charge in [0.05, 0.1) is 12.1 Å². The SMILES string of the molecule is CC(=O)NC1C(C)C(C)C(CN)O[C@H]1C(=O)NS. The second kappa shape index (κ2) is 6.40. The average Bonchev–Trinajstić information content (AvgIpc) is 2.34. The van der Waals surface area contributed by atoms with Crippen molar-refractivity contribution in [1.29, 1.82) is 0 Å². The maximum atomic E-state index is 11.8. The van der Waals surface area contributed by atoms with Crippen molar-refractivity contribution in [2.75, 3.05) is 6.54 Å². The Morgan fingerprint density at radius 3 is 2.39 bits per heavy atom. The smallest absolute Gasteiger partial charge is 0.260 e. The van der Waals surface area contributed by atoms with Crippen LogP contribution >= 0.6 is 12.8 Å². The summed E-state index contributed by atoms with van der Waals surface area (Å²) in [5.41, 5.74) is 5.64. The summed E-state index contributed by atoms with van der Waals surface area (Å²) in [4.78, 5) is 23.0. The molecule has 0 aromatic heterocycles. The van der Waals surface area contributed by atoms with Gasteiger partial charge in [0.25, 0.3) is 5.91 Å². The second-order valence-electron chi connectivity index (χ2n) is 4.75. The number of hydrogen-bond donors (Lipinski definition) is 4. The third-order valence-corrected chi connectivity index (χ3v) is 3.82. The molecule has 18 heavy (non-hydrogen) atoms. The van der Waals surface area contributed by atoms with Gasteiger partial charge in [0, 0.05) is 13.5 Å². The van der Waals surface area contributed by atoms with E-state index in [4.69, 9.17) is 10.5 Å². The lowest BCUT2D eigenvalue weighted by atomic mass is 9.79. The molecule has 7 heteroatoms. The molecular weight excluding hydrogens is 254 g/mol. The van der Waals surface area contributed by atoms with Crippen LogP contribution in [0.25, 0.3) is 0 Å². The summed E-state index contributed by atoms with van der Waals surface area (Å²) in [6.07, 6.45) is -0.952. The van der Waals surface area contributed by atoms with Crippen LogP contribution in [-0.2, 0) is 14.3 Å². The Kier molecular flexibility index (Phi) is 5.43. The third-order valence-electron chi connectivity index (χ3n) is 3.60. The molecule has 1 rings (SSSR count). The number of carbonyl (C=O) groups excluding carboxylic acids is 2. The van der Waals surface area contributed by atoms with Crippen molar-refractivity contribution in [3.05, 3.63) is 0 Å². The largest absolute Gasteiger partial charge is 0.361 e. The molecule has 0 radical (unpaired) electrons. The Morgan fingerprint density at radius 2 is 1.94 bits per heavy atom. The lowest BCUT2D eigenvalue weighted by molar-refractivity contribution is -0.156. The van der Waals surface area contributed by atoms with E-state index >= 15 is 0 Å². The molecule has 0 aromatic carbocycles. The predicted molar refractivity (Wildman–Crippen MR) is 70.8 cm³/mol. The van der Waals surface area contributed by atoms with E-state index in [9.17, 15) is 9.59 Å². The minimum Gasteiger partial charge on any atom is -0.361 e. The number of carbonyl (C=O) groups is 2. The van der Waals surface area contributed by atoms with Gasteiger partial charge >= 0.3 is 0 Å². The van der Waals surface area contributed by atoms with Crippen molar-refractivity contribution in [1.82, 2.24) is 10.0 Å². The average molecular weight is 275 g/mol. The van der Waals surface area contributed by atoms with E-state index in [1.54, 1.807) is 0 Å². The minimum absolute atomic E-state index is 0.0897. The highest BCUT2D eigenvalue weighted by molar-refractivity contribution is 7.78. The summed E-state index contributed by atoms with van der Waals surface area (Å²) in [6, 6.07) is -0.368.